The zero-order chi connectivity index (χ0) is 14.7. The minimum Gasteiger partial charge on any atom is -0.381 e. The molecule has 4 N–H and O–H groups in total. The first-order chi connectivity index (χ1) is 8.94. The second-order valence-electron chi connectivity index (χ2n) is 5.73. The van der Waals surface area contributed by atoms with Gasteiger partial charge in [0, 0.05) is 13.2 Å². The van der Waals surface area contributed by atoms with Crippen molar-refractivity contribution in [3.8, 4) is 0 Å². The van der Waals surface area contributed by atoms with E-state index in [0.717, 1.165) is 26.1 Å². The number of unbranched alkanes of at least 4 members (excludes halogenated alkanes) is 2. The van der Waals surface area contributed by atoms with Crippen molar-refractivity contribution in [2.45, 2.75) is 71.3 Å². The van der Waals surface area contributed by atoms with E-state index in [1.807, 2.05) is 0 Å². The van der Waals surface area contributed by atoms with Gasteiger partial charge in [-0.05, 0) is 38.5 Å². The quantitative estimate of drug-likeness (QED) is 0.536. The molecule has 0 aliphatic heterocycles. The highest BCUT2D eigenvalue weighted by atomic mass is 16.5. The Balaban J connectivity index is 3.56. The molecular weight excluding hydrogens is 240 g/mol. The van der Waals surface area contributed by atoms with Gasteiger partial charge in [-0.15, -0.1) is 0 Å². The fraction of sp³-hybridized carbons (Fsp3) is 0.933. The van der Waals surface area contributed by atoms with E-state index in [1.54, 1.807) is 6.92 Å². The number of carbonyl (C=O) groups excluding carboxylic acids is 1. The van der Waals surface area contributed by atoms with Crippen LogP contribution < -0.4 is 11.5 Å². The molecule has 0 rings (SSSR count). The van der Waals surface area contributed by atoms with Crippen molar-refractivity contribution in [1.29, 1.82) is 0 Å². The Morgan fingerprint density at radius 2 is 1.95 bits per heavy atom. The molecule has 0 aliphatic carbocycles. The Morgan fingerprint density at radius 3 is 2.47 bits per heavy atom. The summed E-state index contributed by atoms with van der Waals surface area (Å²) in [5.74, 6) is 0.254. The fourth-order valence-electron chi connectivity index (χ4n) is 1.97. The monoisotopic (exact) mass is 272 g/mol. The second-order valence-corrected chi connectivity index (χ2v) is 5.73. The SMILES string of the molecule is CCCCC(CC)COCCCCC(C)(N)C(N)=O. The molecule has 0 heterocycles. The highest BCUT2D eigenvalue weighted by Crippen LogP contribution is 2.14. The molecule has 2 atom stereocenters. The summed E-state index contributed by atoms with van der Waals surface area (Å²) < 4.78 is 5.70. The van der Waals surface area contributed by atoms with Gasteiger partial charge >= 0.3 is 0 Å². The molecule has 0 radical (unpaired) electrons. The molecule has 0 fully saturated rings. The number of hydrogen-bond donors (Lipinski definition) is 2. The Morgan fingerprint density at radius 1 is 1.26 bits per heavy atom. The number of primary amides is 1. The Bertz CT molecular complexity index is 242. The number of hydrogen-bond acceptors (Lipinski definition) is 3. The third kappa shape index (κ3) is 9.00. The second kappa shape index (κ2) is 10.2. The molecule has 0 aromatic carbocycles. The summed E-state index contributed by atoms with van der Waals surface area (Å²) in [5.41, 5.74) is 10.1. The molecule has 19 heavy (non-hydrogen) atoms. The van der Waals surface area contributed by atoms with E-state index in [4.69, 9.17) is 16.2 Å². The standard InChI is InChI=1S/C15H32N2O2/c1-4-6-9-13(5-2)12-19-11-8-7-10-15(3,17)14(16)18/h13H,4-12,17H2,1-3H3,(H2,16,18). The Labute approximate surface area is 118 Å². The molecule has 0 aromatic rings. The molecule has 0 saturated heterocycles. The summed E-state index contributed by atoms with van der Waals surface area (Å²) >= 11 is 0. The highest BCUT2D eigenvalue weighted by molar-refractivity contribution is 5.83. The topological polar surface area (TPSA) is 78.3 Å². The largest absolute Gasteiger partial charge is 0.381 e. The molecule has 0 bridgehead atoms. The molecule has 0 aliphatic rings. The van der Waals surface area contributed by atoms with Gasteiger partial charge in [0.2, 0.25) is 5.91 Å². The van der Waals surface area contributed by atoms with Crippen LogP contribution in [0, 0.1) is 5.92 Å². The maximum atomic E-state index is 11.0. The summed E-state index contributed by atoms with van der Waals surface area (Å²) in [7, 11) is 0. The van der Waals surface area contributed by atoms with E-state index in [-0.39, 0.29) is 0 Å². The molecule has 4 heteroatoms. The van der Waals surface area contributed by atoms with Gasteiger partial charge < -0.3 is 16.2 Å². The minimum atomic E-state index is -0.882. The van der Waals surface area contributed by atoms with Crippen molar-refractivity contribution in [2.75, 3.05) is 13.2 Å². The van der Waals surface area contributed by atoms with Gasteiger partial charge in [-0.3, -0.25) is 4.79 Å². The van der Waals surface area contributed by atoms with Crippen LogP contribution in [0.15, 0.2) is 0 Å². The van der Waals surface area contributed by atoms with Crippen LogP contribution in [0.3, 0.4) is 0 Å². The van der Waals surface area contributed by atoms with Crippen molar-refractivity contribution < 1.29 is 9.53 Å². The number of rotatable bonds is 12. The number of nitrogens with two attached hydrogens (primary N) is 2. The molecule has 4 nitrogen and oxygen atoms in total. The maximum absolute atomic E-state index is 11.0. The third-order valence-corrected chi connectivity index (χ3v) is 3.69. The van der Waals surface area contributed by atoms with E-state index in [2.05, 4.69) is 13.8 Å². The first-order valence-corrected chi connectivity index (χ1v) is 7.60. The zero-order valence-electron chi connectivity index (χ0n) is 12.9. The predicted octanol–water partition coefficient (Wildman–Crippen LogP) is 2.59. The Kier molecular flexibility index (Phi) is 9.88. The average Bonchev–Trinajstić information content (AvgIpc) is 2.36. The minimum absolute atomic E-state index is 0.431. The van der Waals surface area contributed by atoms with E-state index in [9.17, 15) is 4.79 Å². The van der Waals surface area contributed by atoms with Crippen LogP contribution >= 0.6 is 0 Å². The van der Waals surface area contributed by atoms with Crippen LogP contribution in [0.2, 0.25) is 0 Å². The van der Waals surface area contributed by atoms with E-state index in [0.29, 0.717) is 12.3 Å². The van der Waals surface area contributed by atoms with Crippen LogP contribution in [-0.2, 0) is 9.53 Å². The van der Waals surface area contributed by atoms with Crippen LogP contribution in [0.4, 0.5) is 0 Å². The summed E-state index contributed by atoms with van der Waals surface area (Å²) in [6.45, 7) is 7.73. The lowest BCUT2D eigenvalue weighted by atomic mass is 9.95. The van der Waals surface area contributed by atoms with E-state index in [1.165, 1.54) is 25.7 Å². The number of ether oxygens (including phenoxy) is 1. The lowest BCUT2D eigenvalue weighted by Gasteiger charge is -2.20. The number of amides is 1. The molecule has 114 valence electrons. The van der Waals surface area contributed by atoms with Gasteiger partial charge in [-0.2, -0.15) is 0 Å². The molecule has 0 spiro atoms. The van der Waals surface area contributed by atoms with Crippen molar-refractivity contribution in [3.63, 3.8) is 0 Å². The predicted molar refractivity (Wildman–Crippen MR) is 79.8 cm³/mol. The van der Waals surface area contributed by atoms with Gasteiger partial charge in [0.05, 0.1) is 5.54 Å². The number of carbonyl (C=O) groups is 1. The molecular formula is C15H32N2O2. The van der Waals surface area contributed by atoms with Gasteiger partial charge in [0.15, 0.2) is 0 Å². The molecule has 0 saturated carbocycles. The highest BCUT2D eigenvalue weighted by Gasteiger charge is 2.24. The summed E-state index contributed by atoms with van der Waals surface area (Å²) in [5, 5.41) is 0. The molecule has 2 unspecified atom stereocenters. The Hall–Kier alpha value is -0.610. The summed E-state index contributed by atoms with van der Waals surface area (Å²) in [4.78, 5) is 11.0. The van der Waals surface area contributed by atoms with Crippen molar-refractivity contribution in [2.24, 2.45) is 17.4 Å². The molecule has 1 amide bonds. The van der Waals surface area contributed by atoms with Crippen molar-refractivity contribution in [1.82, 2.24) is 0 Å². The third-order valence-electron chi connectivity index (χ3n) is 3.69. The van der Waals surface area contributed by atoms with Gasteiger partial charge in [-0.25, -0.2) is 0 Å². The maximum Gasteiger partial charge on any atom is 0.237 e. The van der Waals surface area contributed by atoms with Crippen molar-refractivity contribution in [3.05, 3.63) is 0 Å². The van der Waals surface area contributed by atoms with E-state index >= 15 is 0 Å². The lowest BCUT2D eigenvalue weighted by Crippen LogP contribution is -2.49. The first kappa shape index (κ1) is 18.4. The smallest absolute Gasteiger partial charge is 0.237 e. The first-order valence-electron chi connectivity index (χ1n) is 7.60. The van der Waals surface area contributed by atoms with Crippen LogP contribution in [0.5, 0.6) is 0 Å². The van der Waals surface area contributed by atoms with Crippen molar-refractivity contribution >= 4 is 5.91 Å². The van der Waals surface area contributed by atoms with Gasteiger partial charge in [-0.1, -0.05) is 33.1 Å². The zero-order valence-corrected chi connectivity index (χ0v) is 12.9. The van der Waals surface area contributed by atoms with Crippen LogP contribution in [0.25, 0.3) is 0 Å². The lowest BCUT2D eigenvalue weighted by molar-refractivity contribution is -0.122. The van der Waals surface area contributed by atoms with Crippen LogP contribution in [0.1, 0.15) is 65.7 Å². The van der Waals surface area contributed by atoms with E-state index < -0.39 is 11.4 Å². The average molecular weight is 272 g/mol. The van der Waals surface area contributed by atoms with Crippen LogP contribution in [-0.4, -0.2) is 24.7 Å². The normalized spacial score (nSPS) is 16.0. The fourth-order valence-corrected chi connectivity index (χ4v) is 1.97. The summed E-state index contributed by atoms with van der Waals surface area (Å²) in [6.07, 6.45) is 7.41. The van der Waals surface area contributed by atoms with Gasteiger partial charge in [0.25, 0.3) is 0 Å². The summed E-state index contributed by atoms with van der Waals surface area (Å²) in [6, 6.07) is 0. The van der Waals surface area contributed by atoms with Gasteiger partial charge in [0.1, 0.15) is 0 Å². The molecule has 0 aromatic heterocycles.